The fourth-order valence-electron chi connectivity index (χ4n) is 2.40. The van der Waals surface area contributed by atoms with Crippen molar-refractivity contribution >= 4 is 22.4 Å². The van der Waals surface area contributed by atoms with Crippen LogP contribution in [0.4, 0.5) is 5.13 Å². The predicted molar refractivity (Wildman–Crippen MR) is 75.9 cm³/mol. The maximum Gasteiger partial charge on any atom is 0.240 e. The van der Waals surface area contributed by atoms with Crippen molar-refractivity contribution in [2.45, 2.75) is 46.5 Å². The molecule has 1 amide bonds. The van der Waals surface area contributed by atoms with Crippen LogP contribution in [0.1, 0.15) is 44.2 Å². The average molecular weight is 277 g/mol. The van der Waals surface area contributed by atoms with Gasteiger partial charge < -0.3 is 5.32 Å². The van der Waals surface area contributed by atoms with Gasteiger partial charge in [0.05, 0.1) is 11.8 Å². The van der Waals surface area contributed by atoms with Crippen LogP contribution in [0.5, 0.6) is 0 Å². The van der Waals surface area contributed by atoms with E-state index in [1.54, 1.807) is 11.3 Å². The maximum absolute atomic E-state index is 11.4. The Labute approximate surface area is 117 Å². The normalized spacial score (nSPS) is 18.5. The summed E-state index contributed by atoms with van der Waals surface area (Å²) in [4.78, 5) is 17.1. The van der Waals surface area contributed by atoms with Crippen LogP contribution >= 0.6 is 11.3 Å². The molecule has 0 radical (unpaired) electrons. The summed E-state index contributed by atoms with van der Waals surface area (Å²) in [7, 11) is 0. The third-order valence-corrected chi connectivity index (χ3v) is 4.69. The van der Waals surface area contributed by atoms with Gasteiger partial charge in [0.1, 0.15) is 6.42 Å². The van der Waals surface area contributed by atoms with E-state index in [9.17, 15) is 4.79 Å². The fourth-order valence-corrected chi connectivity index (χ4v) is 3.51. The van der Waals surface area contributed by atoms with Gasteiger partial charge in [0.2, 0.25) is 5.91 Å². The number of nitriles is 1. The van der Waals surface area contributed by atoms with E-state index in [0.29, 0.717) is 16.5 Å². The van der Waals surface area contributed by atoms with Crippen LogP contribution in [0, 0.1) is 22.7 Å². The molecule has 1 heterocycles. The summed E-state index contributed by atoms with van der Waals surface area (Å²) in [6.45, 7) is 6.83. The van der Waals surface area contributed by atoms with Crippen LogP contribution < -0.4 is 5.32 Å². The van der Waals surface area contributed by atoms with Gasteiger partial charge in [0.15, 0.2) is 5.13 Å². The van der Waals surface area contributed by atoms with Crippen molar-refractivity contribution in [3.8, 4) is 6.07 Å². The molecular weight excluding hydrogens is 258 g/mol. The summed E-state index contributed by atoms with van der Waals surface area (Å²) in [6, 6.07) is 1.84. The first kappa shape index (κ1) is 14.0. The molecule has 1 aromatic rings. The lowest BCUT2D eigenvalue weighted by molar-refractivity contribution is -0.115. The minimum atomic E-state index is -0.277. The molecule has 0 aromatic carbocycles. The van der Waals surface area contributed by atoms with Gasteiger partial charge in [-0.1, -0.05) is 20.8 Å². The second-order valence-electron chi connectivity index (χ2n) is 6.08. The van der Waals surface area contributed by atoms with Gasteiger partial charge in [-0.15, -0.1) is 11.3 Å². The summed E-state index contributed by atoms with van der Waals surface area (Å²) in [5, 5.41) is 11.8. The number of fused-ring (bicyclic) bond motifs is 1. The number of aromatic nitrogens is 1. The van der Waals surface area contributed by atoms with E-state index in [1.165, 1.54) is 4.88 Å². The third kappa shape index (κ3) is 3.32. The van der Waals surface area contributed by atoms with Gasteiger partial charge in [-0.25, -0.2) is 4.98 Å². The SMILES string of the molecule is CC(C)(C)[C@@H]1CCc2nc(NC(=O)CC#N)sc2C1. The number of hydrogen-bond acceptors (Lipinski definition) is 4. The molecule has 0 aliphatic heterocycles. The Balaban J connectivity index is 2.09. The monoisotopic (exact) mass is 277 g/mol. The number of thiazole rings is 1. The molecule has 4 nitrogen and oxygen atoms in total. The molecule has 1 N–H and O–H groups in total. The van der Waals surface area contributed by atoms with Crippen LogP contribution in [-0.4, -0.2) is 10.9 Å². The number of carbonyl (C=O) groups excluding carboxylic acids is 1. The lowest BCUT2D eigenvalue weighted by atomic mass is 9.73. The van der Waals surface area contributed by atoms with Crippen LogP contribution in [0.15, 0.2) is 0 Å². The number of nitrogens with one attached hydrogen (secondary N) is 1. The standard InChI is InChI=1S/C14H19N3OS/c1-14(2,3)9-4-5-10-11(8-9)19-13(16-10)17-12(18)6-7-15/h9H,4-6,8H2,1-3H3,(H,16,17,18)/t9-/m1/s1. The van der Waals surface area contributed by atoms with Crippen molar-refractivity contribution in [1.82, 2.24) is 4.98 Å². The zero-order valence-corrected chi connectivity index (χ0v) is 12.4. The van der Waals surface area contributed by atoms with E-state index < -0.39 is 0 Å². The number of carbonyl (C=O) groups is 1. The van der Waals surface area contributed by atoms with Crippen LogP contribution in [-0.2, 0) is 17.6 Å². The van der Waals surface area contributed by atoms with E-state index in [-0.39, 0.29) is 12.3 Å². The van der Waals surface area contributed by atoms with Gasteiger partial charge >= 0.3 is 0 Å². The van der Waals surface area contributed by atoms with Gasteiger partial charge in [-0.3, -0.25) is 4.79 Å². The molecule has 1 aromatic heterocycles. The molecule has 19 heavy (non-hydrogen) atoms. The zero-order valence-electron chi connectivity index (χ0n) is 11.6. The summed E-state index contributed by atoms with van der Waals surface area (Å²) in [5.41, 5.74) is 1.43. The Morgan fingerprint density at radius 1 is 1.58 bits per heavy atom. The van der Waals surface area contributed by atoms with Crippen molar-refractivity contribution in [3.63, 3.8) is 0 Å². The number of amides is 1. The molecule has 0 saturated carbocycles. The molecule has 1 aliphatic rings. The largest absolute Gasteiger partial charge is 0.301 e. The number of hydrogen-bond donors (Lipinski definition) is 1. The molecule has 0 spiro atoms. The van der Waals surface area contributed by atoms with E-state index in [1.807, 2.05) is 6.07 Å². The molecule has 0 fully saturated rings. The fraction of sp³-hybridized carbons (Fsp3) is 0.643. The molecule has 1 atom stereocenters. The predicted octanol–water partition coefficient (Wildman–Crippen LogP) is 3.15. The average Bonchev–Trinajstić information content (AvgIpc) is 2.68. The molecule has 2 rings (SSSR count). The topological polar surface area (TPSA) is 65.8 Å². The Morgan fingerprint density at radius 2 is 2.32 bits per heavy atom. The minimum absolute atomic E-state index is 0.116. The van der Waals surface area contributed by atoms with E-state index in [4.69, 9.17) is 5.26 Å². The first-order valence-electron chi connectivity index (χ1n) is 6.55. The summed E-state index contributed by atoms with van der Waals surface area (Å²) >= 11 is 1.56. The van der Waals surface area contributed by atoms with Crippen LogP contribution in [0.3, 0.4) is 0 Å². The Morgan fingerprint density at radius 3 is 2.95 bits per heavy atom. The summed E-state index contributed by atoms with van der Waals surface area (Å²) < 4.78 is 0. The van der Waals surface area contributed by atoms with Crippen molar-refractivity contribution in [2.75, 3.05) is 5.32 Å². The second kappa shape index (κ2) is 5.30. The lowest BCUT2D eigenvalue weighted by Gasteiger charge is -2.33. The Kier molecular flexibility index (Phi) is 3.91. The number of nitrogens with zero attached hydrogens (tertiary/aromatic N) is 2. The maximum atomic E-state index is 11.4. The zero-order chi connectivity index (χ0) is 14.0. The van der Waals surface area contributed by atoms with E-state index >= 15 is 0 Å². The van der Waals surface area contributed by atoms with Crippen LogP contribution in [0.2, 0.25) is 0 Å². The summed E-state index contributed by atoms with van der Waals surface area (Å²) in [6.07, 6.45) is 3.08. The molecule has 0 bridgehead atoms. The lowest BCUT2D eigenvalue weighted by Crippen LogP contribution is -2.26. The molecule has 5 heteroatoms. The van der Waals surface area contributed by atoms with E-state index in [2.05, 4.69) is 31.1 Å². The van der Waals surface area contributed by atoms with Crippen molar-refractivity contribution in [2.24, 2.45) is 11.3 Å². The quantitative estimate of drug-likeness (QED) is 0.903. The smallest absolute Gasteiger partial charge is 0.240 e. The highest BCUT2D eigenvalue weighted by Crippen LogP contribution is 2.39. The molecule has 102 valence electrons. The highest BCUT2D eigenvalue weighted by atomic mass is 32.1. The second-order valence-corrected chi connectivity index (χ2v) is 7.16. The van der Waals surface area contributed by atoms with Gasteiger partial charge in [-0.05, 0) is 30.6 Å². The number of rotatable bonds is 2. The Bertz CT molecular complexity index is 522. The molecule has 0 saturated heterocycles. The van der Waals surface area contributed by atoms with Crippen LogP contribution in [0.25, 0.3) is 0 Å². The highest BCUT2D eigenvalue weighted by Gasteiger charge is 2.30. The Hall–Kier alpha value is -1.41. The third-order valence-electron chi connectivity index (χ3n) is 3.65. The summed E-state index contributed by atoms with van der Waals surface area (Å²) in [5.74, 6) is 0.393. The van der Waals surface area contributed by atoms with Crippen molar-refractivity contribution in [3.05, 3.63) is 10.6 Å². The first-order valence-corrected chi connectivity index (χ1v) is 7.37. The number of aryl methyl sites for hydroxylation is 1. The van der Waals surface area contributed by atoms with Crippen molar-refractivity contribution in [1.29, 1.82) is 5.26 Å². The van der Waals surface area contributed by atoms with Gasteiger partial charge in [-0.2, -0.15) is 5.26 Å². The van der Waals surface area contributed by atoms with Gasteiger partial charge in [0, 0.05) is 4.88 Å². The molecule has 1 aliphatic carbocycles. The minimum Gasteiger partial charge on any atom is -0.301 e. The molecule has 0 unspecified atom stereocenters. The number of anilines is 1. The van der Waals surface area contributed by atoms with Crippen molar-refractivity contribution < 1.29 is 4.79 Å². The molecular formula is C14H19N3OS. The van der Waals surface area contributed by atoms with E-state index in [0.717, 1.165) is 25.0 Å². The highest BCUT2D eigenvalue weighted by molar-refractivity contribution is 7.15. The first-order chi connectivity index (χ1) is 8.90. The van der Waals surface area contributed by atoms with Gasteiger partial charge in [0.25, 0.3) is 0 Å².